The van der Waals surface area contributed by atoms with Gasteiger partial charge in [-0.15, -0.1) is 23.3 Å². The van der Waals surface area contributed by atoms with Gasteiger partial charge in [-0.2, -0.15) is 0 Å². The Morgan fingerprint density at radius 1 is 0.682 bits per heavy atom. The van der Waals surface area contributed by atoms with E-state index in [0.29, 0.717) is 0 Å². The highest BCUT2D eigenvalue weighted by molar-refractivity contribution is 9.10. The molecule has 0 bridgehead atoms. The van der Waals surface area contributed by atoms with Crippen LogP contribution in [0.3, 0.4) is 0 Å². The summed E-state index contributed by atoms with van der Waals surface area (Å²) in [6, 6.07) is 21.8. The molecule has 2 aromatic heterocycles. The number of benzene rings is 3. The fourth-order valence-electron chi connectivity index (χ4n) is 3.41. The van der Waals surface area contributed by atoms with E-state index in [1.165, 1.54) is 38.1 Å². The molecule has 0 aliphatic rings. The molecular formula is C18H12BrNS2. The fourth-order valence-corrected chi connectivity index (χ4v) is 3.77. The van der Waals surface area contributed by atoms with Gasteiger partial charge in [0, 0.05) is 26.0 Å². The molecule has 0 saturated heterocycles. The van der Waals surface area contributed by atoms with Gasteiger partial charge in [0.1, 0.15) is 0 Å². The summed E-state index contributed by atoms with van der Waals surface area (Å²) in [5.74, 6) is 0. The Labute approximate surface area is 146 Å². The summed E-state index contributed by atoms with van der Waals surface area (Å²) in [5.41, 5.74) is 3.90. The zero-order valence-corrected chi connectivity index (χ0v) is 14.9. The number of aromatic nitrogens is 1. The number of nitrogens with zero attached hydrogens (tertiary/aromatic N) is 1. The molecule has 0 atom stereocenters. The molecule has 108 valence electrons. The first kappa shape index (κ1) is 14.2. The Balaban J connectivity index is 0.000000602. The molecule has 4 heteroatoms. The van der Waals surface area contributed by atoms with Gasteiger partial charge in [-0.3, -0.25) is 0 Å². The lowest BCUT2D eigenvalue weighted by molar-refractivity contribution is 1.37. The normalized spacial score (nSPS) is 11.4. The van der Waals surface area contributed by atoms with Gasteiger partial charge in [0.05, 0.1) is 16.6 Å². The molecule has 0 aliphatic heterocycles. The van der Waals surface area contributed by atoms with Crippen LogP contribution in [0, 0.1) is 0 Å². The third-order valence-electron chi connectivity index (χ3n) is 4.18. The largest absolute Gasteiger partial charge is 0.308 e. The van der Waals surface area contributed by atoms with Crippen LogP contribution in [0.2, 0.25) is 0 Å². The average Bonchev–Trinajstić information content (AvgIpc) is 3.08. The van der Waals surface area contributed by atoms with E-state index in [1.807, 2.05) is 0 Å². The summed E-state index contributed by atoms with van der Waals surface area (Å²) in [5, 5.41) is 5.31. The quantitative estimate of drug-likeness (QED) is 0.225. The van der Waals surface area contributed by atoms with Crippen LogP contribution in [-0.2, 0) is 0 Å². The molecule has 0 unspecified atom stereocenters. The minimum Gasteiger partial charge on any atom is -0.308 e. The van der Waals surface area contributed by atoms with Crippen LogP contribution in [0.5, 0.6) is 0 Å². The number of thiol groups is 2. The van der Waals surface area contributed by atoms with Crippen molar-refractivity contribution in [2.75, 3.05) is 0 Å². The molecule has 3 aromatic carbocycles. The first-order valence-electron chi connectivity index (χ1n) is 6.87. The molecule has 0 fully saturated rings. The molecule has 0 radical (unpaired) electrons. The smallest absolute Gasteiger partial charge is 0.0620 e. The van der Waals surface area contributed by atoms with Crippen LogP contribution in [-0.4, -0.2) is 4.40 Å². The molecule has 1 nitrogen and oxygen atoms in total. The van der Waals surface area contributed by atoms with E-state index >= 15 is 0 Å². The highest BCUT2D eigenvalue weighted by atomic mass is 79.9. The van der Waals surface area contributed by atoms with E-state index in [9.17, 15) is 0 Å². The predicted molar refractivity (Wildman–Crippen MR) is 107 cm³/mol. The van der Waals surface area contributed by atoms with Crippen LogP contribution in [0.15, 0.2) is 65.1 Å². The monoisotopic (exact) mass is 385 g/mol. The Morgan fingerprint density at radius 2 is 1.32 bits per heavy atom. The molecule has 5 aromatic rings. The van der Waals surface area contributed by atoms with Crippen molar-refractivity contribution in [1.82, 2.24) is 4.40 Å². The number of hydrogen-bond donors (Lipinski definition) is 2. The highest BCUT2D eigenvalue weighted by Crippen LogP contribution is 2.39. The van der Waals surface area contributed by atoms with Crippen LogP contribution < -0.4 is 0 Å². The van der Waals surface area contributed by atoms with E-state index in [2.05, 4.69) is 104 Å². The van der Waals surface area contributed by atoms with E-state index in [-0.39, 0.29) is 0 Å². The molecule has 5 rings (SSSR count). The van der Waals surface area contributed by atoms with Crippen molar-refractivity contribution < 1.29 is 0 Å². The Kier molecular flexibility index (Phi) is 3.48. The maximum atomic E-state index is 3.59. The van der Waals surface area contributed by atoms with Gasteiger partial charge in [0.2, 0.25) is 0 Å². The van der Waals surface area contributed by atoms with Crippen molar-refractivity contribution in [1.29, 1.82) is 0 Å². The second kappa shape index (κ2) is 5.37. The molecule has 0 spiro atoms. The number of halogens is 1. The number of rotatable bonds is 0. The van der Waals surface area contributed by atoms with Gasteiger partial charge < -0.3 is 4.40 Å². The molecule has 2 heterocycles. The van der Waals surface area contributed by atoms with E-state index in [0.717, 1.165) is 4.47 Å². The standard InChI is InChI=1S/C18H10BrN.H2S2/c19-11-8-9-17-15(10-11)14-6-3-5-13-12-4-1-2-7-16(12)20(17)18(13)14;1-2/h1-10H;1-2H. The maximum Gasteiger partial charge on any atom is 0.0620 e. The van der Waals surface area contributed by atoms with Gasteiger partial charge in [-0.05, 0) is 24.3 Å². The minimum atomic E-state index is 1.13. The van der Waals surface area contributed by atoms with Crippen molar-refractivity contribution >= 4 is 77.3 Å². The SMILES string of the molecule is Brc1ccc2c(c1)c1cccc3c4ccccc4n2c31.SS. The van der Waals surface area contributed by atoms with Gasteiger partial charge in [0.15, 0.2) is 0 Å². The lowest BCUT2D eigenvalue weighted by Gasteiger charge is -1.97. The van der Waals surface area contributed by atoms with E-state index in [4.69, 9.17) is 0 Å². The molecule has 0 amide bonds. The maximum absolute atomic E-state index is 3.59. The topological polar surface area (TPSA) is 4.41 Å². The number of para-hydroxylation sites is 2. The summed E-state index contributed by atoms with van der Waals surface area (Å²) in [6.45, 7) is 0. The Bertz CT molecular complexity index is 1110. The highest BCUT2D eigenvalue weighted by Gasteiger charge is 2.16. The second-order valence-electron chi connectivity index (χ2n) is 5.22. The van der Waals surface area contributed by atoms with Gasteiger partial charge >= 0.3 is 0 Å². The second-order valence-corrected chi connectivity index (χ2v) is 6.13. The molecule has 22 heavy (non-hydrogen) atoms. The van der Waals surface area contributed by atoms with Crippen LogP contribution in [0.25, 0.3) is 38.1 Å². The molecular weight excluding hydrogens is 374 g/mol. The summed E-state index contributed by atoms with van der Waals surface area (Å²) in [7, 11) is 0. The van der Waals surface area contributed by atoms with Crippen molar-refractivity contribution in [3.8, 4) is 0 Å². The van der Waals surface area contributed by atoms with Crippen LogP contribution in [0.1, 0.15) is 0 Å². The molecule has 0 aliphatic carbocycles. The van der Waals surface area contributed by atoms with Crippen molar-refractivity contribution in [2.24, 2.45) is 0 Å². The van der Waals surface area contributed by atoms with Gasteiger partial charge in [-0.1, -0.05) is 52.3 Å². The first-order valence-corrected chi connectivity index (χ1v) is 9.26. The van der Waals surface area contributed by atoms with Crippen molar-refractivity contribution in [3.05, 3.63) is 65.1 Å². The lowest BCUT2D eigenvalue weighted by atomic mass is 10.1. The van der Waals surface area contributed by atoms with Crippen molar-refractivity contribution in [3.63, 3.8) is 0 Å². The zero-order chi connectivity index (χ0) is 15.3. The van der Waals surface area contributed by atoms with Gasteiger partial charge in [0.25, 0.3) is 0 Å². The molecule has 0 N–H and O–H groups in total. The summed E-state index contributed by atoms with van der Waals surface area (Å²) >= 11 is 10.0. The summed E-state index contributed by atoms with van der Waals surface area (Å²) in [4.78, 5) is 0. The fraction of sp³-hybridized carbons (Fsp3) is 0. The predicted octanol–water partition coefficient (Wildman–Crippen LogP) is 6.36. The van der Waals surface area contributed by atoms with E-state index < -0.39 is 0 Å². The van der Waals surface area contributed by atoms with Crippen LogP contribution in [0.4, 0.5) is 0 Å². The van der Waals surface area contributed by atoms with Crippen molar-refractivity contribution in [2.45, 2.75) is 0 Å². The average molecular weight is 386 g/mol. The summed E-state index contributed by atoms with van der Waals surface area (Å²) < 4.78 is 3.52. The lowest BCUT2D eigenvalue weighted by Crippen LogP contribution is -1.79. The van der Waals surface area contributed by atoms with E-state index in [1.54, 1.807) is 0 Å². The minimum absolute atomic E-state index is 1.13. The number of fused-ring (bicyclic) bond motifs is 6. The number of hydrogen-bond acceptors (Lipinski definition) is 2. The Morgan fingerprint density at radius 3 is 2.14 bits per heavy atom. The zero-order valence-electron chi connectivity index (χ0n) is 11.5. The molecule has 0 saturated carbocycles. The Hall–Kier alpha value is -1.36. The van der Waals surface area contributed by atoms with Crippen LogP contribution >= 0.6 is 39.3 Å². The first-order chi connectivity index (χ1) is 10.8. The summed E-state index contributed by atoms with van der Waals surface area (Å²) in [6.07, 6.45) is 0. The third kappa shape index (κ3) is 1.81. The van der Waals surface area contributed by atoms with Gasteiger partial charge in [-0.25, -0.2) is 0 Å². The third-order valence-corrected chi connectivity index (χ3v) is 4.68.